The number of carbonyl (C=O) groups excluding carboxylic acids is 2. The molecule has 0 fully saturated rings. The number of nitrogens with zero attached hydrogens (tertiary/aromatic N) is 1. The van der Waals surface area contributed by atoms with E-state index in [-0.39, 0.29) is 32.0 Å². The third-order valence-corrected chi connectivity index (χ3v) is 18.3. The Morgan fingerprint density at radius 2 is 0.519 bits per heavy atom. The van der Waals surface area contributed by atoms with Gasteiger partial charge < -0.3 is 18.9 Å². The molecule has 0 amide bonds. The van der Waals surface area contributed by atoms with E-state index in [1.54, 1.807) is 0 Å². The standard InChI is InChI=1S/C94H154NO8P/c1-6-8-10-12-14-16-18-20-22-24-26-28-30-32-34-36-38-40-42-44-46-47-49-51-53-55-57-59-61-63-65-67-69-71-73-75-77-79-81-83-85-87-94(97)103-92(91-102-104(98,99)101-89-88-95(3,4)5)90-100-93(96)86-84-82-80-78-76-74-72-70-68-66-64-62-60-58-56-54-52-50-48-45-43-41-39-37-35-33-31-29-27-25-23-21-19-17-15-13-11-9-7-2/h8-11,14-17,20-23,26-29,32-35,38-41,44-46,48-49,51,55,57,61,63,92H,6-7,12-13,18-19,24-25,30-31,36-37,42-43,47,50,52-54,56,58-60,62,64-91H2,1-5H3/p+1/b10-8-,11-9-,16-14-,17-15-,22-20-,23-21-,28-26-,29-27-,34-32-,35-33-,40-38-,41-39-,46-44-,48-45-,51-49-,57-55-,63-61-. The molecule has 1 N–H and O–H groups in total. The maximum absolute atomic E-state index is 12.9. The van der Waals surface area contributed by atoms with Crippen LogP contribution in [0.5, 0.6) is 0 Å². The van der Waals surface area contributed by atoms with Gasteiger partial charge in [-0.25, -0.2) is 4.57 Å². The lowest BCUT2D eigenvalue weighted by Gasteiger charge is -2.24. The highest BCUT2D eigenvalue weighted by atomic mass is 31.2. The van der Waals surface area contributed by atoms with Crippen LogP contribution in [-0.2, 0) is 32.7 Å². The van der Waals surface area contributed by atoms with Crippen LogP contribution < -0.4 is 0 Å². The Bertz CT molecular complexity index is 2520. The summed E-state index contributed by atoms with van der Waals surface area (Å²) in [5.41, 5.74) is 0. The van der Waals surface area contributed by atoms with Gasteiger partial charge in [-0.1, -0.05) is 368 Å². The zero-order chi connectivity index (χ0) is 75.4. The van der Waals surface area contributed by atoms with Gasteiger partial charge in [0.2, 0.25) is 0 Å². The maximum Gasteiger partial charge on any atom is 0.472 e. The van der Waals surface area contributed by atoms with Gasteiger partial charge in [-0.05, 0) is 148 Å². The van der Waals surface area contributed by atoms with Gasteiger partial charge in [0.25, 0.3) is 0 Å². The Hall–Kier alpha value is -5.41. The molecular formula is C94H155NO8P+. The van der Waals surface area contributed by atoms with Gasteiger partial charge in [-0.3, -0.25) is 18.6 Å². The summed E-state index contributed by atoms with van der Waals surface area (Å²) in [6.45, 7) is 4.20. The largest absolute Gasteiger partial charge is 0.472 e. The Kier molecular flexibility index (Phi) is 77.4. The molecule has 0 aromatic carbocycles. The molecule has 0 aromatic heterocycles. The maximum atomic E-state index is 12.9. The summed E-state index contributed by atoms with van der Waals surface area (Å²) >= 11 is 0. The fraction of sp³-hybridized carbons (Fsp3) is 0.617. The van der Waals surface area contributed by atoms with Crippen LogP contribution in [-0.4, -0.2) is 74.9 Å². The van der Waals surface area contributed by atoms with Gasteiger partial charge in [0.05, 0.1) is 27.7 Å². The van der Waals surface area contributed by atoms with Crippen molar-refractivity contribution in [3.63, 3.8) is 0 Å². The summed E-state index contributed by atoms with van der Waals surface area (Å²) in [6.07, 6.45) is 128. The summed E-state index contributed by atoms with van der Waals surface area (Å²) in [5, 5.41) is 0. The van der Waals surface area contributed by atoms with E-state index in [2.05, 4.69) is 220 Å². The second-order valence-electron chi connectivity index (χ2n) is 28.4. The molecule has 0 spiro atoms. The van der Waals surface area contributed by atoms with Gasteiger partial charge in [-0.2, -0.15) is 0 Å². The molecule has 0 radical (unpaired) electrons. The lowest BCUT2D eigenvalue weighted by Crippen LogP contribution is -2.37. The zero-order valence-electron chi connectivity index (χ0n) is 67.2. The van der Waals surface area contributed by atoms with Crippen molar-refractivity contribution in [1.82, 2.24) is 0 Å². The van der Waals surface area contributed by atoms with E-state index in [0.29, 0.717) is 17.4 Å². The minimum absolute atomic E-state index is 0.0229. The van der Waals surface area contributed by atoms with Crippen LogP contribution in [0.1, 0.15) is 322 Å². The minimum Gasteiger partial charge on any atom is -0.462 e. The first-order valence-electron chi connectivity index (χ1n) is 41.8. The normalized spacial score (nSPS) is 14.1. The third-order valence-electron chi connectivity index (χ3n) is 17.3. The topological polar surface area (TPSA) is 108 Å². The average Bonchev–Trinajstić information content (AvgIpc) is 0.920. The molecule has 0 aliphatic rings. The van der Waals surface area contributed by atoms with Gasteiger partial charge in [0, 0.05) is 12.8 Å². The number of ether oxygens (including phenoxy) is 2. The van der Waals surface area contributed by atoms with Crippen LogP contribution in [0.3, 0.4) is 0 Å². The summed E-state index contributed by atoms with van der Waals surface area (Å²) in [4.78, 5) is 36.0. The van der Waals surface area contributed by atoms with Gasteiger partial charge in [-0.15, -0.1) is 0 Å². The third kappa shape index (κ3) is 85.5. The van der Waals surface area contributed by atoms with E-state index in [1.165, 1.54) is 135 Å². The van der Waals surface area contributed by atoms with Crippen molar-refractivity contribution in [3.05, 3.63) is 207 Å². The molecule has 0 aliphatic carbocycles. The molecule has 10 heteroatoms. The van der Waals surface area contributed by atoms with Crippen LogP contribution in [0.4, 0.5) is 0 Å². The number of quaternary nitrogens is 1. The number of phosphoric ester groups is 1. The molecule has 9 nitrogen and oxygen atoms in total. The van der Waals surface area contributed by atoms with Crippen LogP contribution in [0.15, 0.2) is 207 Å². The highest BCUT2D eigenvalue weighted by Gasteiger charge is 2.27. The molecular weight excluding hydrogens is 1300 g/mol. The number of likely N-dealkylation sites (N-methyl/N-ethyl adjacent to an activating group) is 1. The van der Waals surface area contributed by atoms with E-state index < -0.39 is 26.5 Å². The van der Waals surface area contributed by atoms with E-state index in [0.717, 1.165) is 154 Å². The van der Waals surface area contributed by atoms with Gasteiger partial charge >= 0.3 is 19.8 Å². The fourth-order valence-corrected chi connectivity index (χ4v) is 11.8. The first kappa shape index (κ1) is 98.6. The molecule has 0 saturated carbocycles. The monoisotopic (exact) mass is 1460 g/mol. The van der Waals surface area contributed by atoms with E-state index in [4.69, 9.17) is 18.5 Å². The Morgan fingerprint density at radius 1 is 0.298 bits per heavy atom. The molecule has 2 atom stereocenters. The first-order valence-corrected chi connectivity index (χ1v) is 43.3. The number of hydrogen-bond acceptors (Lipinski definition) is 7. The fourth-order valence-electron chi connectivity index (χ4n) is 11.0. The number of esters is 2. The SMILES string of the molecule is CC/C=C\C/C=C\C/C=C\C/C=C\C/C=C\C/C=C\C/C=C\C/C=C\C/C=C\C/C=C\CCCCCCCCCCCCC(=O)OC(COC(=O)CCCCCCCCCCCCCCCCCCC/C=C\C/C=C\C/C=C\C/C=C\C/C=C\C/C=C\C/C=C\CC)COP(=O)(O)OCC[N+](C)(C)C. The first-order chi connectivity index (χ1) is 51.0. The second-order valence-corrected chi connectivity index (χ2v) is 29.8. The van der Waals surface area contributed by atoms with Crippen molar-refractivity contribution in [2.75, 3.05) is 47.5 Å². The predicted molar refractivity (Wildman–Crippen MR) is 454 cm³/mol. The van der Waals surface area contributed by atoms with Crippen molar-refractivity contribution >= 4 is 19.8 Å². The lowest BCUT2D eigenvalue weighted by molar-refractivity contribution is -0.870. The molecule has 0 aromatic rings. The highest BCUT2D eigenvalue weighted by molar-refractivity contribution is 7.47. The predicted octanol–water partition coefficient (Wildman–Crippen LogP) is 28.5. The van der Waals surface area contributed by atoms with E-state index in [1.807, 2.05) is 21.1 Å². The highest BCUT2D eigenvalue weighted by Crippen LogP contribution is 2.43. The van der Waals surface area contributed by atoms with Gasteiger partial charge in [0.1, 0.15) is 19.8 Å². The molecule has 0 rings (SSSR count). The van der Waals surface area contributed by atoms with Crippen molar-refractivity contribution in [1.29, 1.82) is 0 Å². The number of hydrogen-bond donors (Lipinski definition) is 1. The van der Waals surface area contributed by atoms with Crippen molar-refractivity contribution in [2.24, 2.45) is 0 Å². The molecule has 0 bridgehead atoms. The number of unbranched alkanes of at least 4 members (excludes halogenated alkanes) is 27. The Morgan fingerprint density at radius 3 is 0.769 bits per heavy atom. The molecule has 0 aliphatic heterocycles. The summed E-state index contributed by atoms with van der Waals surface area (Å²) in [5.74, 6) is -0.805. The Labute approximate surface area is 640 Å². The number of carbonyl (C=O) groups is 2. The van der Waals surface area contributed by atoms with Crippen LogP contribution in [0, 0.1) is 0 Å². The molecule has 0 saturated heterocycles. The smallest absolute Gasteiger partial charge is 0.462 e. The van der Waals surface area contributed by atoms with Crippen LogP contribution in [0.25, 0.3) is 0 Å². The van der Waals surface area contributed by atoms with Crippen LogP contribution in [0.2, 0.25) is 0 Å². The van der Waals surface area contributed by atoms with Crippen molar-refractivity contribution in [2.45, 2.75) is 328 Å². The molecule has 2 unspecified atom stereocenters. The summed E-state index contributed by atoms with van der Waals surface area (Å²) < 4.78 is 34.8. The summed E-state index contributed by atoms with van der Waals surface area (Å²) in [6, 6.07) is 0. The molecule has 0 heterocycles. The number of allylic oxidation sites excluding steroid dienone is 34. The number of phosphoric acid groups is 1. The lowest BCUT2D eigenvalue weighted by atomic mass is 10.0. The van der Waals surface area contributed by atoms with Gasteiger partial charge in [0.15, 0.2) is 6.10 Å². The average molecular weight is 1460 g/mol. The quantitative estimate of drug-likeness (QED) is 0.0211. The zero-order valence-corrected chi connectivity index (χ0v) is 68.1. The second kappa shape index (κ2) is 81.7. The Balaban J connectivity index is 4.03. The van der Waals surface area contributed by atoms with Crippen molar-refractivity contribution in [3.8, 4) is 0 Å². The summed E-state index contributed by atoms with van der Waals surface area (Å²) in [7, 11) is 1.46. The molecule has 588 valence electrons. The van der Waals surface area contributed by atoms with E-state index >= 15 is 0 Å². The van der Waals surface area contributed by atoms with E-state index in [9.17, 15) is 19.0 Å². The van der Waals surface area contributed by atoms with Crippen molar-refractivity contribution < 1.29 is 42.1 Å². The minimum atomic E-state index is -4.41. The number of rotatable bonds is 75. The molecule has 104 heavy (non-hydrogen) atoms. The van der Waals surface area contributed by atoms with Crippen LogP contribution >= 0.6 is 7.82 Å².